The van der Waals surface area contributed by atoms with Crippen LogP contribution >= 0.6 is 0 Å². The van der Waals surface area contributed by atoms with Crippen molar-refractivity contribution in [3.8, 4) is 0 Å². The number of benzene rings is 2. The first-order valence-electron chi connectivity index (χ1n) is 14.4. The molecular weight excluding hydrogens is 532 g/mol. The number of carbonyl (C=O) groups excluding carboxylic acids is 1. The number of hydrogen-bond donors (Lipinski definition) is 3. The molecule has 0 aliphatic carbocycles. The summed E-state index contributed by atoms with van der Waals surface area (Å²) in [5.74, 6) is -0.927. The normalized spacial score (nSPS) is 11.9. The summed E-state index contributed by atoms with van der Waals surface area (Å²) in [6.45, 7) is 21.2. The maximum Gasteiger partial charge on any atom is 0.251 e. The highest BCUT2D eigenvalue weighted by atomic mass is 19.2. The van der Waals surface area contributed by atoms with Crippen LogP contribution in [0, 0.1) is 36.8 Å². The quantitative estimate of drug-likeness (QED) is 0.203. The number of carbonyl (C=O) groups is 1. The van der Waals surface area contributed by atoms with E-state index in [1.165, 1.54) is 19.2 Å². The Labute approximate surface area is 251 Å². The summed E-state index contributed by atoms with van der Waals surface area (Å²) in [6.07, 6.45) is 5.77. The van der Waals surface area contributed by atoms with E-state index in [2.05, 4.69) is 20.6 Å². The molecule has 0 bridgehead atoms. The molecule has 2 rings (SSSR count). The van der Waals surface area contributed by atoms with E-state index in [4.69, 9.17) is 5.41 Å². The van der Waals surface area contributed by atoms with Crippen molar-refractivity contribution in [2.24, 2.45) is 15.9 Å². The maximum atomic E-state index is 14.3. The van der Waals surface area contributed by atoms with Gasteiger partial charge in [0.05, 0.1) is 5.71 Å². The minimum atomic E-state index is -0.888. The van der Waals surface area contributed by atoms with Crippen LogP contribution in [0.5, 0.6) is 0 Å². The molecule has 0 saturated heterocycles. The van der Waals surface area contributed by atoms with Gasteiger partial charge < -0.3 is 16.0 Å². The van der Waals surface area contributed by atoms with Gasteiger partial charge in [-0.25, -0.2) is 13.8 Å². The Bertz CT molecular complexity index is 1310. The average Bonchev–Trinajstić information content (AvgIpc) is 2.96. The molecule has 6 nitrogen and oxygen atoms in total. The van der Waals surface area contributed by atoms with Crippen LogP contribution in [0.15, 0.2) is 58.8 Å². The van der Waals surface area contributed by atoms with Crippen LogP contribution in [-0.2, 0) is 0 Å². The van der Waals surface area contributed by atoms with Crippen LogP contribution in [0.4, 0.5) is 14.5 Å². The second-order valence-electron chi connectivity index (χ2n) is 9.79. The maximum absolute atomic E-state index is 14.3. The number of nitrogens with one attached hydrogen (secondary N) is 3. The lowest BCUT2D eigenvalue weighted by Gasteiger charge is -2.12. The Morgan fingerprint density at radius 1 is 0.976 bits per heavy atom. The summed E-state index contributed by atoms with van der Waals surface area (Å²) in [5, 5.41) is 13.1. The molecule has 0 aromatic heterocycles. The van der Waals surface area contributed by atoms with Crippen molar-refractivity contribution in [3.05, 3.63) is 82.7 Å². The van der Waals surface area contributed by atoms with Crippen molar-refractivity contribution in [1.29, 1.82) is 5.41 Å². The lowest BCUT2D eigenvalue weighted by atomic mass is 10.1. The number of halogens is 2. The molecule has 0 fully saturated rings. The second kappa shape index (κ2) is 20.0. The molecule has 230 valence electrons. The molecule has 2 aromatic rings. The lowest BCUT2D eigenvalue weighted by molar-refractivity contribution is 0.0953. The summed E-state index contributed by atoms with van der Waals surface area (Å²) in [7, 11) is 0. The van der Waals surface area contributed by atoms with Gasteiger partial charge in [-0.05, 0) is 88.8 Å². The Morgan fingerprint density at radius 2 is 1.57 bits per heavy atom. The number of aryl methyl sites for hydroxylation is 2. The van der Waals surface area contributed by atoms with Gasteiger partial charge >= 0.3 is 0 Å². The summed E-state index contributed by atoms with van der Waals surface area (Å²) in [6, 6.07) is 8.51. The molecule has 42 heavy (non-hydrogen) atoms. The molecule has 0 heterocycles. The number of allylic oxidation sites excluding steroid dienone is 2. The molecule has 2 aromatic carbocycles. The molecular formula is C34H49F2N5O. The van der Waals surface area contributed by atoms with E-state index >= 15 is 0 Å². The highest BCUT2D eigenvalue weighted by molar-refractivity contribution is 6.45. The van der Waals surface area contributed by atoms with Gasteiger partial charge in [0, 0.05) is 41.5 Å². The SMILES string of the molecule is C/C=C\N=C(Nc1ccc(C(=O)NCCC)c(C)c1)C(C)=N/C=C(\C)c1ccc(C)c(F)c1F.CC.CC(=N)C(C)C. The summed E-state index contributed by atoms with van der Waals surface area (Å²) < 4.78 is 28.2. The molecule has 1 amide bonds. The molecule has 8 heteroatoms. The summed E-state index contributed by atoms with van der Waals surface area (Å²) in [4.78, 5) is 21.1. The zero-order chi connectivity index (χ0) is 32.4. The summed E-state index contributed by atoms with van der Waals surface area (Å²) >= 11 is 0. The second-order valence-corrected chi connectivity index (χ2v) is 9.79. The molecule has 0 saturated carbocycles. The third kappa shape index (κ3) is 12.7. The van der Waals surface area contributed by atoms with Gasteiger partial charge in [0.25, 0.3) is 5.91 Å². The Hall–Kier alpha value is -3.94. The van der Waals surface area contributed by atoms with Crippen molar-refractivity contribution in [3.63, 3.8) is 0 Å². The highest BCUT2D eigenvalue weighted by Gasteiger charge is 2.13. The highest BCUT2D eigenvalue weighted by Crippen LogP contribution is 2.22. The molecule has 0 aliphatic rings. The van der Waals surface area contributed by atoms with E-state index in [9.17, 15) is 13.6 Å². The van der Waals surface area contributed by atoms with Crippen molar-refractivity contribution in [2.45, 2.75) is 82.6 Å². The number of amidine groups is 1. The van der Waals surface area contributed by atoms with Crippen LogP contribution in [-0.4, -0.2) is 29.7 Å². The van der Waals surface area contributed by atoms with Gasteiger partial charge in [-0.1, -0.05) is 52.8 Å². The van der Waals surface area contributed by atoms with Gasteiger partial charge in [-0.2, -0.15) is 0 Å². The average molecular weight is 582 g/mol. The Balaban J connectivity index is 0.00000186. The van der Waals surface area contributed by atoms with Gasteiger partial charge in [0.15, 0.2) is 17.5 Å². The number of aliphatic imine (C=N–C) groups is 2. The molecule has 0 spiro atoms. The predicted octanol–water partition coefficient (Wildman–Crippen LogP) is 9.30. The summed E-state index contributed by atoms with van der Waals surface area (Å²) in [5.41, 5.74) is 4.39. The van der Waals surface area contributed by atoms with Crippen LogP contribution in [0.3, 0.4) is 0 Å². The smallest absolute Gasteiger partial charge is 0.251 e. The Kier molecular flexibility index (Phi) is 18.1. The van der Waals surface area contributed by atoms with E-state index in [0.717, 1.165) is 23.4 Å². The number of anilines is 1. The van der Waals surface area contributed by atoms with Crippen molar-refractivity contribution in [1.82, 2.24) is 5.32 Å². The fourth-order valence-corrected chi connectivity index (χ4v) is 3.11. The van der Waals surface area contributed by atoms with E-state index in [0.29, 0.717) is 35.1 Å². The molecule has 0 unspecified atom stereocenters. The lowest BCUT2D eigenvalue weighted by Crippen LogP contribution is -2.25. The van der Waals surface area contributed by atoms with Crippen LogP contribution in [0.1, 0.15) is 95.8 Å². The van der Waals surface area contributed by atoms with Gasteiger partial charge in [0.2, 0.25) is 0 Å². The molecule has 0 aliphatic heterocycles. The Morgan fingerprint density at radius 3 is 2.10 bits per heavy atom. The van der Waals surface area contributed by atoms with Crippen molar-refractivity contribution >= 4 is 34.4 Å². The van der Waals surface area contributed by atoms with Crippen LogP contribution in [0.25, 0.3) is 5.57 Å². The third-order valence-corrected chi connectivity index (χ3v) is 5.98. The van der Waals surface area contributed by atoms with E-state index in [1.807, 2.05) is 61.5 Å². The van der Waals surface area contributed by atoms with Gasteiger partial charge in [0.1, 0.15) is 0 Å². The molecule has 0 radical (unpaired) electrons. The van der Waals surface area contributed by atoms with Crippen molar-refractivity contribution in [2.75, 3.05) is 11.9 Å². The first kappa shape index (κ1) is 38.1. The zero-order valence-corrected chi connectivity index (χ0v) is 27.2. The minimum Gasteiger partial charge on any atom is -0.352 e. The van der Waals surface area contributed by atoms with Gasteiger partial charge in [-0.15, -0.1) is 0 Å². The van der Waals surface area contributed by atoms with E-state index in [-0.39, 0.29) is 17.0 Å². The monoisotopic (exact) mass is 581 g/mol. The van der Waals surface area contributed by atoms with Gasteiger partial charge in [-0.3, -0.25) is 9.79 Å². The topological polar surface area (TPSA) is 89.7 Å². The molecule has 3 N–H and O–H groups in total. The number of amides is 1. The first-order chi connectivity index (χ1) is 19.8. The standard InChI is InChI=1S/C27H32F2N4O.C5H11N.C2H6/c1-7-13-30-26(33-21-10-12-23(18(4)15-21)27(34)31-14-8-2)20(6)32-16-19(5)22-11-9-17(3)24(28)25(22)29;1-4(2)5(3)6;1-2/h7,9-13,15-16H,8,14H2,1-6H3,(H,30,33)(H,31,34);4,6H,1-3H3;1-2H3/b13-7-,19-16+,32-20?;;. The minimum absolute atomic E-state index is 0.105. The molecule has 0 atom stereocenters. The number of nitrogens with zero attached hydrogens (tertiary/aromatic N) is 2. The third-order valence-electron chi connectivity index (χ3n) is 5.98. The van der Waals surface area contributed by atoms with E-state index in [1.54, 1.807) is 44.3 Å². The zero-order valence-electron chi connectivity index (χ0n) is 27.2. The van der Waals surface area contributed by atoms with Crippen LogP contribution in [0.2, 0.25) is 0 Å². The van der Waals surface area contributed by atoms with E-state index < -0.39 is 11.6 Å². The predicted molar refractivity (Wildman–Crippen MR) is 177 cm³/mol. The van der Waals surface area contributed by atoms with Crippen molar-refractivity contribution < 1.29 is 13.6 Å². The fourth-order valence-electron chi connectivity index (χ4n) is 3.11. The van der Waals surface area contributed by atoms with Crippen LogP contribution < -0.4 is 10.6 Å². The number of rotatable bonds is 9. The fraction of sp³-hybridized carbons (Fsp3) is 0.412. The first-order valence-corrected chi connectivity index (χ1v) is 14.4. The largest absolute Gasteiger partial charge is 0.352 e. The number of hydrogen-bond acceptors (Lipinski definition) is 4.